The van der Waals surface area contributed by atoms with Crippen molar-refractivity contribution in [1.82, 2.24) is 9.55 Å². The number of anilines is 1. The normalized spacial score (nSPS) is 18.6. The molecule has 1 N–H and O–H groups in total. The van der Waals surface area contributed by atoms with E-state index in [2.05, 4.69) is 53.2 Å². The van der Waals surface area contributed by atoms with Crippen LogP contribution in [0.1, 0.15) is 41.5 Å². The summed E-state index contributed by atoms with van der Waals surface area (Å²) in [4.78, 5) is 18.9. The van der Waals surface area contributed by atoms with Gasteiger partial charge in [0.15, 0.2) is 5.78 Å². The molecule has 2 aliphatic rings. The van der Waals surface area contributed by atoms with Crippen molar-refractivity contribution >= 4 is 22.8 Å². The van der Waals surface area contributed by atoms with Gasteiger partial charge in [-0.05, 0) is 66.8 Å². The second kappa shape index (κ2) is 9.03. The predicted octanol–water partition coefficient (Wildman–Crippen LogP) is 7.55. The van der Waals surface area contributed by atoms with Crippen LogP contribution in [-0.2, 0) is 4.79 Å². The number of imidazole rings is 1. The smallest absolute Gasteiger partial charge is 0.209 e. The third-order valence-electron chi connectivity index (χ3n) is 7.60. The van der Waals surface area contributed by atoms with Crippen LogP contribution in [0.25, 0.3) is 11.0 Å². The number of carbonyl (C=O) groups excluding carboxylic acids is 1. The van der Waals surface area contributed by atoms with E-state index in [4.69, 9.17) is 9.72 Å². The largest absolute Gasteiger partial charge is 0.457 e. The van der Waals surface area contributed by atoms with Crippen molar-refractivity contribution in [3.63, 3.8) is 0 Å². The number of ether oxygens (including phenoxy) is 1. The molecule has 0 spiro atoms. The van der Waals surface area contributed by atoms with Crippen LogP contribution in [0.3, 0.4) is 0 Å². The van der Waals surface area contributed by atoms with E-state index in [1.807, 2.05) is 66.7 Å². The van der Waals surface area contributed by atoms with Gasteiger partial charge in [0.25, 0.3) is 0 Å². The Labute approximate surface area is 221 Å². The highest BCUT2D eigenvalue weighted by Gasteiger charge is 2.39. The molecule has 2 heterocycles. The average Bonchev–Trinajstić information content (AvgIpc) is 3.31. The van der Waals surface area contributed by atoms with Crippen LogP contribution in [-0.4, -0.2) is 15.3 Å². The molecule has 7 rings (SSSR count). The maximum Gasteiger partial charge on any atom is 0.209 e. The Balaban J connectivity index is 1.35. The first-order valence-corrected chi connectivity index (χ1v) is 13.0. The van der Waals surface area contributed by atoms with Gasteiger partial charge in [-0.15, -0.1) is 0 Å². The van der Waals surface area contributed by atoms with Crippen LogP contribution in [0.5, 0.6) is 11.5 Å². The second-order valence-corrected chi connectivity index (χ2v) is 10.1. The van der Waals surface area contributed by atoms with Gasteiger partial charge in [0, 0.05) is 17.7 Å². The van der Waals surface area contributed by atoms with Crippen molar-refractivity contribution in [2.45, 2.75) is 31.7 Å². The van der Waals surface area contributed by atoms with Crippen LogP contribution in [0.2, 0.25) is 0 Å². The summed E-state index contributed by atoms with van der Waals surface area (Å²) in [5.41, 5.74) is 7.10. The van der Waals surface area contributed by atoms with Gasteiger partial charge in [-0.25, -0.2) is 4.98 Å². The van der Waals surface area contributed by atoms with Gasteiger partial charge in [-0.2, -0.15) is 0 Å². The minimum atomic E-state index is -0.292. The van der Waals surface area contributed by atoms with E-state index < -0.39 is 0 Å². The molecule has 5 nitrogen and oxygen atoms in total. The van der Waals surface area contributed by atoms with Crippen LogP contribution in [0.4, 0.5) is 5.95 Å². The van der Waals surface area contributed by atoms with Gasteiger partial charge < -0.3 is 10.1 Å². The van der Waals surface area contributed by atoms with Gasteiger partial charge >= 0.3 is 0 Å². The highest BCUT2D eigenvalue weighted by molar-refractivity contribution is 6.01. The number of hydrogen-bond donors (Lipinski definition) is 1. The first kappa shape index (κ1) is 22.5. The molecule has 5 heteroatoms. The fraction of sp³-hybridized carbons (Fsp3) is 0.152. The third kappa shape index (κ3) is 3.88. The van der Waals surface area contributed by atoms with Crippen molar-refractivity contribution < 1.29 is 9.53 Å². The minimum absolute atomic E-state index is 0.138. The summed E-state index contributed by atoms with van der Waals surface area (Å²) in [7, 11) is 0. The highest BCUT2D eigenvalue weighted by atomic mass is 16.5. The lowest BCUT2D eigenvalue weighted by Crippen LogP contribution is -2.33. The molecular formula is C33H27N3O2. The Kier molecular flexibility index (Phi) is 5.36. The average molecular weight is 498 g/mol. The van der Waals surface area contributed by atoms with Gasteiger partial charge in [0.2, 0.25) is 5.95 Å². The van der Waals surface area contributed by atoms with E-state index in [-0.39, 0.29) is 17.7 Å². The highest BCUT2D eigenvalue weighted by Crippen LogP contribution is 2.46. The fourth-order valence-electron chi connectivity index (χ4n) is 5.79. The molecule has 2 atom stereocenters. The Morgan fingerprint density at radius 2 is 1.58 bits per heavy atom. The van der Waals surface area contributed by atoms with Gasteiger partial charge in [0.05, 0.1) is 17.1 Å². The summed E-state index contributed by atoms with van der Waals surface area (Å²) in [5.74, 6) is 2.59. The lowest BCUT2D eigenvalue weighted by Gasteiger charge is -2.36. The molecule has 5 aromatic rings. The third-order valence-corrected chi connectivity index (χ3v) is 7.60. The molecule has 186 valence electrons. The van der Waals surface area contributed by atoms with Crippen molar-refractivity contribution in [2.75, 3.05) is 5.32 Å². The van der Waals surface area contributed by atoms with Crippen LogP contribution >= 0.6 is 0 Å². The zero-order valence-corrected chi connectivity index (χ0v) is 21.1. The number of carbonyl (C=O) groups is 1. The molecule has 0 radical (unpaired) electrons. The first-order chi connectivity index (χ1) is 18.6. The monoisotopic (exact) mass is 497 g/mol. The van der Waals surface area contributed by atoms with E-state index in [0.717, 1.165) is 51.7 Å². The summed E-state index contributed by atoms with van der Waals surface area (Å²) < 4.78 is 8.34. The standard InChI is InChI=1S/C33H27N3O2/c1-21-14-16-22(17-15-21)24-19-28-31(30(37)20-24)32(36-29-13-6-5-12-27(29)34-33(36)35-28)23-8-7-11-26(18-23)38-25-9-3-2-4-10-25/h2-18,24,32H,19-20H2,1H3,(H,34,35)/t24-,32+/m0/s1. The quantitative estimate of drug-likeness (QED) is 0.278. The number of nitrogens with zero attached hydrogens (tertiary/aromatic N) is 2. The maximum atomic E-state index is 13.9. The van der Waals surface area contributed by atoms with E-state index in [0.29, 0.717) is 6.42 Å². The topological polar surface area (TPSA) is 56.2 Å². The number of para-hydroxylation sites is 3. The summed E-state index contributed by atoms with van der Waals surface area (Å²) >= 11 is 0. The molecule has 1 aliphatic carbocycles. The molecule has 0 amide bonds. The second-order valence-electron chi connectivity index (χ2n) is 10.1. The Morgan fingerprint density at radius 1 is 0.816 bits per heavy atom. The van der Waals surface area contributed by atoms with Gasteiger partial charge in [-0.3, -0.25) is 9.36 Å². The SMILES string of the molecule is Cc1ccc([C@@H]2CC(=O)C3=C(C2)Nc2nc4ccccc4n2[C@@H]3c2cccc(Oc3ccccc3)c2)cc1. The summed E-state index contributed by atoms with van der Waals surface area (Å²) in [6.45, 7) is 2.09. The Hall–Kier alpha value is -4.64. The number of aromatic nitrogens is 2. The lowest BCUT2D eigenvalue weighted by atomic mass is 9.77. The number of Topliss-reactive ketones (excluding diaryl/α,β-unsaturated/α-hetero) is 1. The molecule has 0 saturated heterocycles. The zero-order chi connectivity index (χ0) is 25.6. The molecule has 0 fully saturated rings. The van der Waals surface area contributed by atoms with E-state index in [9.17, 15) is 4.79 Å². The number of hydrogen-bond acceptors (Lipinski definition) is 4. The van der Waals surface area contributed by atoms with Crippen LogP contribution in [0, 0.1) is 6.92 Å². The van der Waals surface area contributed by atoms with Crippen molar-refractivity contribution in [3.05, 3.63) is 131 Å². The van der Waals surface area contributed by atoms with E-state index in [1.54, 1.807) is 0 Å². The predicted molar refractivity (Wildman–Crippen MR) is 150 cm³/mol. The Morgan fingerprint density at radius 3 is 2.42 bits per heavy atom. The van der Waals surface area contributed by atoms with Crippen molar-refractivity contribution in [2.24, 2.45) is 0 Å². The number of rotatable bonds is 4. The molecule has 0 bridgehead atoms. The van der Waals surface area contributed by atoms with Gasteiger partial charge in [-0.1, -0.05) is 72.3 Å². The molecule has 0 unspecified atom stereocenters. The molecule has 38 heavy (non-hydrogen) atoms. The molecule has 4 aromatic carbocycles. The minimum Gasteiger partial charge on any atom is -0.457 e. The first-order valence-electron chi connectivity index (χ1n) is 13.0. The summed E-state index contributed by atoms with van der Waals surface area (Å²) in [5, 5.41) is 3.56. The van der Waals surface area contributed by atoms with Gasteiger partial charge in [0.1, 0.15) is 11.5 Å². The number of benzene rings is 4. The van der Waals surface area contributed by atoms with Crippen molar-refractivity contribution in [3.8, 4) is 11.5 Å². The van der Waals surface area contributed by atoms with Crippen molar-refractivity contribution in [1.29, 1.82) is 0 Å². The zero-order valence-electron chi connectivity index (χ0n) is 21.1. The number of allylic oxidation sites excluding steroid dienone is 2. The molecular weight excluding hydrogens is 470 g/mol. The van der Waals surface area contributed by atoms with Crippen LogP contribution < -0.4 is 10.1 Å². The summed E-state index contributed by atoms with van der Waals surface area (Å²) in [6, 6.07) is 34.2. The lowest BCUT2D eigenvalue weighted by molar-refractivity contribution is -0.116. The van der Waals surface area contributed by atoms with E-state index >= 15 is 0 Å². The molecule has 1 aromatic heterocycles. The molecule has 0 saturated carbocycles. The number of ketones is 1. The number of nitrogens with one attached hydrogen (secondary N) is 1. The number of aryl methyl sites for hydroxylation is 1. The Bertz CT molecular complexity index is 1700. The maximum absolute atomic E-state index is 13.9. The van der Waals surface area contributed by atoms with Crippen LogP contribution in [0.15, 0.2) is 114 Å². The molecule has 1 aliphatic heterocycles. The summed E-state index contributed by atoms with van der Waals surface area (Å²) in [6.07, 6.45) is 1.26. The number of fused-ring (bicyclic) bond motifs is 3. The fourth-order valence-corrected chi connectivity index (χ4v) is 5.79. The van der Waals surface area contributed by atoms with E-state index in [1.165, 1.54) is 11.1 Å².